The van der Waals surface area contributed by atoms with Crippen LogP contribution >= 0.6 is 0 Å². The number of ether oxygens (including phenoxy) is 3. The van der Waals surface area contributed by atoms with Crippen LogP contribution in [0.25, 0.3) is 0 Å². The van der Waals surface area contributed by atoms with E-state index in [1.807, 2.05) is 4.90 Å². The summed E-state index contributed by atoms with van der Waals surface area (Å²) in [5, 5.41) is 0. The monoisotopic (exact) mass is 539 g/mol. The molecule has 1 aromatic heterocycles. The number of fused-ring (bicyclic) bond motifs is 2. The van der Waals surface area contributed by atoms with E-state index in [-0.39, 0.29) is 37.0 Å². The summed E-state index contributed by atoms with van der Waals surface area (Å²) in [6.07, 6.45) is 0.304. The molecule has 5 atom stereocenters. The molecule has 0 radical (unpaired) electrons. The van der Waals surface area contributed by atoms with Crippen molar-refractivity contribution in [1.82, 2.24) is 14.8 Å². The summed E-state index contributed by atoms with van der Waals surface area (Å²) >= 11 is 0. The second-order valence-electron chi connectivity index (χ2n) is 11.3. The number of esters is 1. The molecule has 0 aromatic carbocycles. The minimum absolute atomic E-state index is 0.0179. The maximum atomic E-state index is 14.3. The molecular weight excluding hydrogens is 503 g/mol. The van der Waals surface area contributed by atoms with Crippen LogP contribution < -0.4 is 0 Å². The zero-order valence-electron chi connectivity index (χ0n) is 22.0. The second-order valence-corrected chi connectivity index (χ2v) is 11.3. The Morgan fingerprint density at radius 2 is 2.11 bits per heavy atom. The van der Waals surface area contributed by atoms with Gasteiger partial charge in [-0.15, -0.1) is 0 Å². The molecule has 1 amide bonds. The van der Waals surface area contributed by atoms with E-state index in [0.29, 0.717) is 68.8 Å². The van der Waals surface area contributed by atoms with Crippen LogP contribution in [0.1, 0.15) is 42.5 Å². The average molecular weight is 540 g/mol. The number of carbonyl (C=O) groups excluding carboxylic acids is 2. The van der Waals surface area contributed by atoms with Crippen molar-refractivity contribution in [3.63, 3.8) is 0 Å². The van der Waals surface area contributed by atoms with Gasteiger partial charge >= 0.3 is 12.1 Å². The molecule has 4 heterocycles. The summed E-state index contributed by atoms with van der Waals surface area (Å²) < 4.78 is 56.1. The number of hydrogen-bond donors (Lipinski definition) is 0. The van der Waals surface area contributed by atoms with Crippen molar-refractivity contribution in [2.24, 2.45) is 23.2 Å². The van der Waals surface area contributed by atoms with E-state index in [2.05, 4.69) is 4.98 Å². The van der Waals surface area contributed by atoms with E-state index >= 15 is 0 Å². The van der Waals surface area contributed by atoms with E-state index in [4.69, 9.17) is 14.2 Å². The Kier molecular flexibility index (Phi) is 7.72. The number of aromatic nitrogens is 1. The molecule has 2 saturated heterocycles. The Labute approximate surface area is 220 Å². The van der Waals surface area contributed by atoms with Gasteiger partial charge in [0.2, 0.25) is 5.91 Å². The first-order valence-corrected chi connectivity index (χ1v) is 13.4. The molecule has 2 unspecified atom stereocenters. The van der Waals surface area contributed by atoms with Gasteiger partial charge in [0.15, 0.2) is 0 Å². The van der Waals surface area contributed by atoms with Gasteiger partial charge < -0.3 is 19.1 Å². The third-order valence-electron chi connectivity index (χ3n) is 9.08. The summed E-state index contributed by atoms with van der Waals surface area (Å²) in [7, 11) is 3.06. The van der Waals surface area contributed by atoms with E-state index in [9.17, 15) is 22.8 Å². The van der Waals surface area contributed by atoms with Crippen molar-refractivity contribution in [2.45, 2.75) is 50.9 Å². The number of halogens is 3. The third kappa shape index (κ3) is 5.29. The first-order valence-electron chi connectivity index (χ1n) is 13.4. The third-order valence-corrected chi connectivity index (χ3v) is 9.08. The van der Waals surface area contributed by atoms with E-state index in [1.165, 1.54) is 7.11 Å². The molecule has 1 aromatic rings. The van der Waals surface area contributed by atoms with Crippen LogP contribution in [0.2, 0.25) is 0 Å². The number of nitrogens with zero attached hydrogens (tertiary/aromatic N) is 3. The zero-order chi connectivity index (χ0) is 27.1. The molecule has 1 saturated carbocycles. The van der Waals surface area contributed by atoms with Gasteiger partial charge in [0.05, 0.1) is 37.3 Å². The predicted molar refractivity (Wildman–Crippen MR) is 130 cm³/mol. The summed E-state index contributed by atoms with van der Waals surface area (Å²) in [6.45, 7) is 3.03. The van der Waals surface area contributed by atoms with Gasteiger partial charge in [-0.2, -0.15) is 13.2 Å². The van der Waals surface area contributed by atoms with Gasteiger partial charge in [-0.1, -0.05) is 0 Å². The number of alkyl halides is 3. The average Bonchev–Trinajstić information content (AvgIpc) is 3.41. The molecule has 0 N–H and O–H groups in total. The fourth-order valence-electron chi connectivity index (χ4n) is 7.27. The molecule has 11 heteroatoms. The molecule has 210 valence electrons. The van der Waals surface area contributed by atoms with Crippen LogP contribution in [0.5, 0.6) is 0 Å². The number of methoxy groups -OCH3 is 2. The molecule has 8 nitrogen and oxygen atoms in total. The Morgan fingerprint density at radius 1 is 1.29 bits per heavy atom. The fraction of sp³-hybridized carbons (Fsp3) is 0.741. The van der Waals surface area contributed by atoms with Crippen LogP contribution in [-0.2, 0) is 42.9 Å². The molecule has 38 heavy (non-hydrogen) atoms. The van der Waals surface area contributed by atoms with Gasteiger partial charge in [0, 0.05) is 58.2 Å². The maximum Gasteiger partial charge on any atom is 0.417 e. The normalized spacial score (nSPS) is 31.7. The number of amides is 1. The summed E-state index contributed by atoms with van der Waals surface area (Å²) in [5.41, 5.74) is -0.392. The molecule has 1 aliphatic carbocycles. The Bertz CT molecular complexity index is 1050. The van der Waals surface area contributed by atoms with Crippen molar-refractivity contribution < 1.29 is 37.0 Å². The highest BCUT2D eigenvalue weighted by Crippen LogP contribution is 2.54. The summed E-state index contributed by atoms with van der Waals surface area (Å²) in [5.74, 6) is 0.416. The Hall–Kier alpha value is -2.24. The maximum absolute atomic E-state index is 14.3. The van der Waals surface area contributed by atoms with Crippen molar-refractivity contribution >= 4 is 11.9 Å². The molecular formula is C27H36F3N3O5. The Morgan fingerprint density at radius 3 is 2.84 bits per heavy atom. The lowest BCUT2D eigenvalue weighted by Gasteiger charge is -2.37. The lowest BCUT2D eigenvalue weighted by Crippen LogP contribution is -2.49. The SMILES string of the molecule is COC(=O)CN1C[C@@H]2C[C@@H](CC3CCOCC3OC)C[C@]2(C(=O)N2CCc3ncc(C(F)(F)F)cc3C2)C1. The van der Waals surface area contributed by atoms with Crippen LogP contribution in [-0.4, -0.2) is 86.4 Å². The molecule has 0 spiro atoms. The van der Waals surface area contributed by atoms with Crippen molar-refractivity contribution in [2.75, 3.05) is 53.6 Å². The minimum atomic E-state index is -4.49. The fourth-order valence-corrected chi connectivity index (χ4v) is 7.27. The van der Waals surface area contributed by atoms with E-state index < -0.39 is 17.2 Å². The van der Waals surface area contributed by atoms with E-state index in [1.54, 1.807) is 12.0 Å². The van der Waals surface area contributed by atoms with Crippen LogP contribution in [0.15, 0.2) is 12.3 Å². The van der Waals surface area contributed by atoms with Gasteiger partial charge in [0.1, 0.15) is 0 Å². The Balaban J connectivity index is 1.36. The highest BCUT2D eigenvalue weighted by molar-refractivity contribution is 5.85. The smallest absolute Gasteiger partial charge is 0.417 e. The standard InChI is InChI=1S/C27H36F3N3O5/c1-36-23-15-38-6-4-18(23)7-17-8-21-13-32(14-24(34)37-2)16-26(21,10-17)25(35)33-5-3-22-19(12-33)9-20(11-31-22)27(28,29)30/h9,11,17-18,21,23H,3-8,10,12-16H2,1-2H3/t17-,18?,21+,23?,26+/m1/s1. The topological polar surface area (TPSA) is 81.2 Å². The van der Waals surface area contributed by atoms with Crippen LogP contribution in [0.4, 0.5) is 13.2 Å². The van der Waals surface area contributed by atoms with Gasteiger partial charge in [-0.05, 0) is 55.1 Å². The largest absolute Gasteiger partial charge is 0.468 e. The summed E-state index contributed by atoms with van der Waals surface area (Å²) in [4.78, 5) is 34.0. The quantitative estimate of drug-likeness (QED) is 0.515. The lowest BCUT2D eigenvalue weighted by atomic mass is 9.78. The van der Waals surface area contributed by atoms with Crippen LogP contribution in [0.3, 0.4) is 0 Å². The van der Waals surface area contributed by atoms with Gasteiger partial charge in [-0.25, -0.2) is 0 Å². The molecule has 3 aliphatic heterocycles. The second kappa shape index (κ2) is 10.7. The number of rotatable bonds is 6. The van der Waals surface area contributed by atoms with Crippen molar-refractivity contribution in [3.05, 3.63) is 29.1 Å². The molecule has 3 fully saturated rings. The van der Waals surface area contributed by atoms with Gasteiger partial charge in [0.25, 0.3) is 0 Å². The number of pyridine rings is 1. The number of hydrogen-bond acceptors (Lipinski definition) is 7. The van der Waals surface area contributed by atoms with Crippen molar-refractivity contribution in [1.29, 1.82) is 0 Å². The van der Waals surface area contributed by atoms with Crippen LogP contribution in [0, 0.1) is 23.2 Å². The van der Waals surface area contributed by atoms with Crippen molar-refractivity contribution in [3.8, 4) is 0 Å². The first kappa shape index (κ1) is 27.3. The molecule has 5 rings (SSSR count). The van der Waals surface area contributed by atoms with E-state index in [0.717, 1.165) is 31.5 Å². The number of likely N-dealkylation sites (tertiary alicyclic amines) is 1. The lowest BCUT2D eigenvalue weighted by molar-refractivity contribution is -0.145. The highest BCUT2D eigenvalue weighted by Gasteiger charge is 2.59. The highest BCUT2D eigenvalue weighted by atomic mass is 19.4. The number of carbonyl (C=O) groups is 2. The zero-order valence-corrected chi connectivity index (χ0v) is 22.0. The molecule has 0 bridgehead atoms. The molecule has 4 aliphatic rings. The predicted octanol–water partition coefficient (Wildman–Crippen LogP) is 2.93. The first-order chi connectivity index (χ1) is 18.1. The minimum Gasteiger partial charge on any atom is -0.468 e. The van der Waals surface area contributed by atoms with Gasteiger partial charge in [-0.3, -0.25) is 19.5 Å². The summed E-state index contributed by atoms with van der Waals surface area (Å²) in [6, 6.07) is 1.13.